The fourth-order valence-electron chi connectivity index (χ4n) is 2.93. The molecule has 1 aromatic heterocycles. The molecule has 0 atom stereocenters. The van der Waals surface area contributed by atoms with Gasteiger partial charge in [-0.3, -0.25) is 14.9 Å². The van der Waals surface area contributed by atoms with Crippen molar-refractivity contribution in [1.82, 2.24) is 5.43 Å². The largest absolute Gasteiger partial charge is 0.422 e. The lowest BCUT2D eigenvalue weighted by atomic mass is 10.2. The SMILES string of the molecule is O=C(N/N=C/c1ccccc1OC(=O)c1sc2ccccc2c1Cl)c1ccc([N+](=O)[O-])cc1. The molecular formula is C23H14ClN3O5S. The Morgan fingerprint density at radius 3 is 2.45 bits per heavy atom. The maximum absolute atomic E-state index is 12.7. The van der Waals surface area contributed by atoms with E-state index >= 15 is 0 Å². The first-order valence-corrected chi connectivity index (χ1v) is 10.7. The lowest BCUT2D eigenvalue weighted by molar-refractivity contribution is -0.384. The van der Waals surface area contributed by atoms with Gasteiger partial charge in [0.05, 0.1) is 16.2 Å². The summed E-state index contributed by atoms with van der Waals surface area (Å²) in [7, 11) is 0. The van der Waals surface area contributed by atoms with Gasteiger partial charge < -0.3 is 4.74 Å². The Labute approximate surface area is 196 Å². The summed E-state index contributed by atoms with van der Waals surface area (Å²) in [4.78, 5) is 35.4. The minimum atomic E-state index is -0.600. The molecule has 164 valence electrons. The Hall–Kier alpha value is -4.08. The van der Waals surface area contributed by atoms with E-state index in [0.29, 0.717) is 10.6 Å². The van der Waals surface area contributed by atoms with Crippen LogP contribution in [0.2, 0.25) is 5.02 Å². The van der Waals surface area contributed by atoms with Gasteiger partial charge in [-0.1, -0.05) is 41.9 Å². The molecule has 10 heteroatoms. The minimum absolute atomic E-state index is 0.121. The number of non-ortho nitro benzene ring substituents is 1. The number of hydrazone groups is 1. The highest BCUT2D eigenvalue weighted by atomic mass is 35.5. The number of esters is 1. The van der Waals surface area contributed by atoms with Gasteiger partial charge in [-0.05, 0) is 30.3 Å². The maximum Gasteiger partial charge on any atom is 0.355 e. The number of fused-ring (bicyclic) bond motifs is 1. The molecule has 0 aliphatic carbocycles. The lowest BCUT2D eigenvalue weighted by Crippen LogP contribution is -2.17. The van der Waals surface area contributed by atoms with E-state index < -0.39 is 16.8 Å². The summed E-state index contributed by atoms with van der Waals surface area (Å²) >= 11 is 7.60. The van der Waals surface area contributed by atoms with E-state index in [4.69, 9.17) is 16.3 Å². The molecule has 1 heterocycles. The Bertz CT molecular complexity index is 1400. The monoisotopic (exact) mass is 479 g/mol. The van der Waals surface area contributed by atoms with Crippen LogP contribution in [0.4, 0.5) is 5.69 Å². The number of halogens is 1. The van der Waals surface area contributed by atoms with Crippen LogP contribution < -0.4 is 10.2 Å². The van der Waals surface area contributed by atoms with Gasteiger partial charge in [0, 0.05) is 33.3 Å². The summed E-state index contributed by atoms with van der Waals surface area (Å²) in [6.07, 6.45) is 1.33. The van der Waals surface area contributed by atoms with Gasteiger partial charge in [0.15, 0.2) is 0 Å². The molecule has 0 aliphatic heterocycles. The average molecular weight is 480 g/mol. The fourth-order valence-corrected chi connectivity index (χ4v) is 4.32. The van der Waals surface area contributed by atoms with Crippen molar-refractivity contribution in [3.8, 4) is 5.75 Å². The summed E-state index contributed by atoms with van der Waals surface area (Å²) in [6, 6.07) is 19.2. The van der Waals surface area contributed by atoms with Crippen LogP contribution in [0.1, 0.15) is 25.6 Å². The molecule has 8 nitrogen and oxygen atoms in total. The number of nitrogens with one attached hydrogen (secondary N) is 1. The normalized spacial score (nSPS) is 10.9. The van der Waals surface area contributed by atoms with Gasteiger partial charge in [-0.15, -0.1) is 11.3 Å². The summed E-state index contributed by atoms with van der Waals surface area (Å²) in [6.45, 7) is 0. The van der Waals surface area contributed by atoms with Crippen molar-refractivity contribution in [2.45, 2.75) is 0 Å². The maximum atomic E-state index is 12.7. The number of benzene rings is 3. The number of rotatable bonds is 6. The van der Waals surface area contributed by atoms with E-state index in [1.165, 1.54) is 41.8 Å². The predicted molar refractivity (Wildman–Crippen MR) is 126 cm³/mol. The van der Waals surface area contributed by atoms with E-state index in [9.17, 15) is 19.7 Å². The van der Waals surface area contributed by atoms with Crippen LogP contribution in [0.3, 0.4) is 0 Å². The average Bonchev–Trinajstić information content (AvgIpc) is 3.17. The molecule has 3 aromatic carbocycles. The van der Waals surface area contributed by atoms with E-state index in [-0.39, 0.29) is 21.9 Å². The molecule has 0 saturated heterocycles. The Morgan fingerprint density at radius 2 is 1.73 bits per heavy atom. The van der Waals surface area contributed by atoms with Crippen LogP contribution in [0.15, 0.2) is 77.9 Å². The molecule has 4 rings (SSSR count). The third-order valence-electron chi connectivity index (χ3n) is 4.55. The van der Waals surface area contributed by atoms with Crippen LogP contribution in [-0.4, -0.2) is 23.0 Å². The minimum Gasteiger partial charge on any atom is -0.422 e. The number of carbonyl (C=O) groups is 2. The zero-order chi connectivity index (χ0) is 23.4. The summed E-state index contributed by atoms with van der Waals surface area (Å²) < 4.78 is 6.41. The van der Waals surface area contributed by atoms with E-state index in [0.717, 1.165) is 10.1 Å². The van der Waals surface area contributed by atoms with Gasteiger partial charge in [0.1, 0.15) is 10.6 Å². The topological polar surface area (TPSA) is 111 Å². The predicted octanol–water partition coefficient (Wildman–Crippen LogP) is 5.45. The second-order valence-electron chi connectivity index (χ2n) is 6.67. The molecule has 0 fully saturated rings. The highest BCUT2D eigenvalue weighted by Crippen LogP contribution is 2.36. The molecule has 0 spiro atoms. The third kappa shape index (κ3) is 4.89. The van der Waals surface area contributed by atoms with Gasteiger partial charge >= 0.3 is 5.97 Å². The first-order valence-electron chi connectivity index (χ1n) is 9.50. The molecule has 4 aromatic rings. The number of nitro groups is 1. The van der Waals surface area contributed by atoms with Crippen molar-refractivity contribution in [3.63, 3.8) is 0 Å². The van der Waals surface area contributed by atoms with E-state index in [1.807, 2.05) is 24.3 Å². The number of para-hydroxylation sites is 1. The number of ether oxygens (including phenoxy) is 1. The number of carbonyl (C=O) groups excluding carboxylic acids is 2. The molecule has 0 radical (unpaired) electrons. The molecular weight excluding hydrogens is 466 g/mol. The van der Waals surface area contributed by atoms with Crippen LogP contribution in [-0.2, 0) is 0 Å². The number of hydrogen-bond donors (Lipinski definition) is 1. The highest BCUT2D eigenvalue weighted by Gasteiger charge is 2.19. The van der Waals surface area contributed by atoms with Crippen molar-refractivity contribution in [3.05, 3.63) is 104 Å². The summed E-state index contributed by atoms with van der Waals surface area (Å²) in [5.41, 5.74) is 2.87. The summed E-state index contributed by atoms with van der Waals surface area (Å²) in [5.74, 6) is -0.908. The number of hydrogen-bond acceptors (Lipinski definition) is 7. The van der Waals surface area contributed by atoms with Crippen molar-refractivity contribution in [2.75, 3.05) is 0 Å². The molecule has 1 N–H and O–H groups in total. The first-order chi connectivity index (χ1) is 15.9. The second-order valence-corrected chi connectivity index (χ2v) is 8.10. The fraction of sp³-hybridized carbons (Fsp3) is 0. The van der Waals surface area contributed by atoms with Gasteiger partial charge in [0.2, 0.25) is 0 Å². The van der Waals surface area contributed by atoms with E-state index in [2.05, 4.69) is 10.5 Å². The zero-order valence-electron chi connectivity index (χ0n) is 16.7. The molecule has 0 bridgehead atoms. The second kappa shape index (κ2) is 9.60. The standard InChI is InChI=1S/C23H14ClN3O5S/c24-20-17-6-2-4-8-19(17)33-21(20)23(29)32-18-7-3-1-5-15(18)13-25-26-22(28)14-9-11-16(12-10-14)27(30)31/h1-13H,(H,26,28)/b25-13+. The van der Waals surface area contributed by atoms with Crippen molar-refractivity contribution >= 4 is 56.8 Å². The molecule has 0 saturated carbocycles. The first kappa shape index (κ1) is 22.1. The van der Waals surface area contributed by atoms with Crippen molar-refractivity contribution in [1.29, 1.82) is 0 Å². The lowest BCUT2D eigenvalue weighted by Gasteiger charge is -2.06. The number of thiophene rings is 1. The summed E-state index contributed by atoms with van der Waals surface area (Å²) in [5, 5.41) is 15.7. The van der Waals surface area contributed by atoms with Crippen LogP contribution in [0, 0.1) is 10.1 Å². The molecule has 0 unspecified atom stereocenters. The third-order valence-corrected chi connectivity index (χ3v) is 6.21. The van der Waals surface area contributed by atoms with Gasteiger partial charge in [0.25, 0.3) is 11.6 Å². The smallest absolute Gasteiger partial charge is 0.355 e. The van der Waals surface area contributed by atoms with Crippen LogP contribution >= 0.6 is 22.9 Å². The Morgan fingerprint density at radius 1 is 1.03 bits per heavy atom. The quantitative estimate of drug-likeness (QED) is 0.130. The van der Waals surface area contributed by atoms with Crippen molar-refractivity contribution < 1.29 is 19.2 Å². The Balaban J connectivity index is 1.47. The Kier molecular flexibility index (Phi) is 6.43. The zero-order valence-corrected chi connectivity index (χ0v) is 18.3. The highest BCUT2D eigenvalue weighted by molar-refractivity contribution is 7.21. The molecule has 0 aliphatic rings. The molecule has 33 heavy (non-hydrogen) atoms. The molecule has 1 amide bonds. The van der Waals surface area contributed by atoms with Gasteiger partial charge in [-0.25, -0.2) is 10.2 Å². The van der Waals surface area contributed by atoms with Crippen LogP contribution in [0.5, 0.6) is 5.75 Å². The van der Waals surface area contributed by atoms with Gasteiger partial charge in [-0.2, -0.15) is 5.10 Å². The van der Waals surface area contributed by atoms with E-state index in [1.54, 1.807) is 24.3 Å². The van der Waals surface area contributed by atoms with Crippen LogP contribution in [0.25, 0.3) is 10.1 Å². The number of amides is 1. The number of nitrogens with zero attached hydrogens (tertiary/aromatic N) is 2. The van der Waals surface area contributed by atoms with Crippen molar-refractivity contribution in [2.24, 2.45) is 5.10 Å². The number of nitro benzene ring substituents is 1.